The van der Waals surface area contributed by atoms with Crippen molar-refractivity contribution in [2.45, 2.75) is 39.3 Å². The molecular formula is C29H35N3OSSi. The Labute approximate surface area is 214 Å². The molecule has 4 nitrogen and oxygen atoms in total. The predicted octanol–water partition coefficient (Wildman–Crippen LogP) is 5.57. The van der Waals surface area contributed by atoms with E-state index in [0.717, 1.165) is 22.5 Å². The lowest BCUT2D eigenvalue weighted by molar-refractivity contribution is 0.312. The van der Waals surface area contributed by atoms with E-state index in [2.05, 4.69) is 110 Å². The van der Waals surface area contributed by atoms with E-state index in [4.69, 9.17) is 10.2 Å². The summed E-state index contributed by atoms with van der Waals surface area (Å²) in [6.07, 6.45) is 0. The van der Waals surface area contributed by atoms with E-state index in [9.17, 15) is 0 Å². The molecule has 0 radical (unpaired) electrons. The summed E-state index contributed by atoms with van der Waals surface area (Å²) in [5.74, 6) is 0. The minimum absolute atomic E-state index is 0.0399. The number of aromatic nitrogens is 1. The van der Waals surface area contributed by atoms with Crippen molar-refractivity contribution >= 4 is 35.7 Å². The fraction of sp³-hybridized carbons (Fsp3) is 0.276. The van der Waals surface area contributed by atoms with Crippen LogP contribution in [0.1, 0.15) is 32.0 Å². The lowest BCUT2D eigenvalue weighted by Crippen LogP contribution is -2.66. The molecule has 1 heterocycles. The van der Waals surface area contributed by atoms with E-state index >= 15 is 0 Å². The lowest BCUT2D eigenvalue weighted by atomic mass is 10.1. The first-order valence-corrected chi connectivity index (χ1v) is 14.9. The molecule has 0 saturated carbocycles. The Morgan fingerprint density at radius 3 is 2.09 bits per heavy atom. The summed E-state index contributed by atoms with van der Waals surface area (Å²) in [5.41, 5.74) is 12.3. The molecule has 3 N–H and O–H groups in total. The van der Waals surface area contributed by atoms with Crippen molar-refractivity contribution in [2.24, 2.45) is 5.73 Å². The van der Waals surface area contributed by atoms with Crippen molar-refractivity contribution in [3.05, 3.63) is 95.6 Å². The first kappa shape index (κ1) is 25.3. The molecule has 35 heavy (non-hydrogen) atoms. The Morgan fingerprint density at radius 2 is 1.57 bits per heavy atom. The van der Waals surface area contributed by atoms with Crippen LogP contribution in [0.15, 0.2) is 84.4 Å². The van der Waals surface area contributed by atoms with E-state index in [1.165, 1.54) is 15.3 Å². The molecule has 0 aliphatic carbocycles. The van der Waals surface area contributed by atoms with Gasteiger partial charge in [0.15, 0.2) is 0 Å². The summed E-state index contributed by atoms with van der Waals surface area (Å²) in [6, 6.07) is 28.0. The number of rotatable bonds is 9. The van der Waals surface area contributed by atoms with Gasteiger partial charge in [-0.25, -0.2) is 4.98 Å². The van der Waals surface area contributed by atoms with Crippen molar-refractivity contribution in [3.8, 4) is 10.4 Å². The van der Waals surface area contributed by atoms with Gasteiger partial charge in [-0.15, -0.1) is 11.3 Å². The lowest BCUT2D eigenvalue weighted by Gasteiger charge is -2.43. The Morgan fingerprint density at radius 1 is 0.943 bits per heavy atom. The predicted molar refractivity (Wildman–Crippen MR) is 152 cm³/mol. The summed E-state index contributed by atoms with van der Waals surface area (Å²) in [5, 5.41) is 6.17. The highest BCUT2D eigenvalue weighted by molar-refractivity contribution is 7.13. The molecule has 0 aliphatic heterocycles. The van der Waals surface area contributed by atoms with Crippen molar-refractivity contribution in [1.82, 2.24) is 4.98 Å². The molecule has 0 atom stereocenters. The summed E-state index contributed by atoms with van der Waals surface area (Å²) in [4.78, 5) is 5.60. The molecule has 4 aromatic rings. The number of benzene rings is 3. The van der Waals surface area contributed by atoms with Crippen molar-refractivity contribution < 1.29 is 4.43 Å². The Kier molecular flexibility index (Phi) is 7.87. The van der Waals surface area contributed by atoms with Crippen LogP contribution in [0.25, 0.3) is 10.4 Å². The molecule has 4 rings (SSSR count). The van der Waals surface area contributed by atoms with Gasteiger partial charge in [0.1, 0.15) is 0 Å². The highest BCUT2D eigenvalue weighted by Gasteiger charge is 2.49. The maximum absolute atomic E-state index is 7.02. The van der Waals surface area contributed by atoms with Crippen LogP contribution in [-0.4, -0.2) is 26.5 Å². The van der Waals surface area contributed by atoms with Gasteiger partial charge in [0, 0.05) is 18.8 Å². The average Bonchev–Trinajstić information content (AvgIpc) is 3.30. The molecule has 0 saturated heterocycles. The van der Waals surface area contributed by atoms with Crippen LogP contribution in [0.5, 0.6) is 0 Å². The quantitative estimate of drug-likeness (QED) is 0.233. The summed E-state index contributed by atoms with van der Waals surface area (Å²) < 4.78 is 7.02. The van der Waals surface area contributed by atoms with Crippen LogP contribution < -0.4 is 21.4 Å². The minimum atomic E-state index is -2.54. The van der Waals surface area contributed by atoms with Crippen LogP contribution >= 0.6 is 11.3 Å². The zero-order valence-corrected chi connectivity index (χ0v) is 22.9. The average molecular weight is 502 g/mol. The summed E-state index contributed by atoms with van der Waals surface area (Å²) in [6.45, 7) is 10.7. The zero-order valence-electron chi connectivity index (χ0n) is 21.0. The minimum Gasteiger partial charge on any atom is -0.406 e. The number of thiazole rings is 1. The normalized spacial score (nSPS) is 12.0. The van der Waals surface area contributed by atoms with Gasteiger partial charge in [0.05, 0.1) is 22.7 Å². The fourth-order valence-corrected chi connectivity index (χ4v) is 10.2. The third-order valence-corrected chi connectivity index (χ3v) is 12.5. The van der Waals surface area contributed by atoms with Gasteiger partial charge >= 0.3 is 0 Å². The number of nitrogens with one attached hydrogen (secondary N) is 1. The molecular weight excluding hydrogens is 466 g/mol. The third kappa shape index (κ3) is 5.26. The second-order valence-corrected chi connectivity index (χ2v) is 14.9. The van der Waals surface area contributed by atoms with Gasteiger partial charge in [-0.05, 0) is 39.5 Å². The first-order valence-electron chi connectivity index (χ1n) is 12.1. The second kappa shape index (κ2) is 10.9. The van der Waals surface area contributed by atoms with Gasteiger partial charge in [0.2, 0.25) is 0 Å². The van der Waals surface area contributed by atoms with Crippen molar-refractivity contribution in [3.63, 3.8) is 0 Å². The maximum Gasteiger partial charge on any atom is 0.261 e. The van der Waals surface area contributed by atoms with Gasteiger partial charge in [-0.2, -0.15) is 0 Å². The van der Waals surface area contributed by atoms with E-state index in [0.29, 0.717) is 19.7 Å². The molecule has 6 heteroatoms. The van der Waals surface area contributed by atoms with Crippen LogP contribution in [0.2, 0.25) is 5.04 Å². The molecule has 0 aliphatic rings. The monoisotopic (exact) mass is 501 g/mol. The first-order chi connectivity index (χ1) is 16.9. The summed E-state index contributed by atoms with van der Waals surface area (Å²) >= 11 is 1.67. The van der Waals surface area contributed by atoms with Crippen LogP contribution in [0.3, 0.4) is 0 Å². The number of hydrogen-bond acceptors (Lipinski definition) is 5. The van der Waals surface area contributed by atoms with E-state index in [1.54, 1.807) is 11.3 Å². The van der Waals surface area contributed by atoms with Gasteiger partial charge in [-0.1, -0.05) is 93.6 Å². The summed E-state index contributed by atoms with van der Waals surface area (Å²) in [7, 11) is -2.54. The SMILES string of the molecule is Cc1ncsc1-c1ccc(CN)c(NCCO[Si](c2ccccc2)(c2ccccc2)C(C)(C)C)c1. The number of nitrogens with two attached hydrogens (primary N) is 1. The zero-order chi connectivity index (χ0) is 24.9. The molecule has 0 amide bonds. The molecule has 3 aromatic carbocycles. The second-order valence-electron chi connectivity index (χ2n) is 9.78. The largest absolute Gasteiger partial charge is 0.406 e. The molecule has 182 valence electrons. The van der Waals surface area contributed by atoms with Gasteiger partial charge in [0.25, 0.3) is 8.32 Å². The van der Waals surface area contributed by atoms with Crippen molar-refractivity contribution in [2.75, 3.05) is 18.5 Å². The number of anilines is 1. The molecule has 0 spiro atoms. The molecule has 0 unspecified atom stereocenters. The number of hydrogen-bond donors (Lipinski definition) is 2. The van der Waals surface area contributed by atoms with Crippen molar-refractivity contribution in [1.29, 1.82) is 0 Å². The number of aryl methyl sites for hydroxylation is 1. The fourth-order valence-electron chi connectivity index (χ4n) is 4.79. The highest BCUT2D eigenvalue weighted by Crippen LogP contribution is 2.37. The molecule has 0 fully saturated rings. The van der Waals surface area contributed by atoms with Gasteiger partial charge < -0.3 is 15.5 Å². The van der Waals surface area contributed by atoms with E-state index in [-0.39, 0.29) is 5.04 Å². The smallest absolute Gasteiger partial charge is 0.261 e. The standard InChI is InChI=1S/C29H35N3OSSi/c1-22-28(34-21-32-22)23-15-16-24(20-30)27(19-23)31-17-18-33-35(29(2,3)4,25-11-7-5-8-12-25)26-13-9-6-10-14-26/h5-16,19,21,31H,17-18,20,30H2,1-4H3. The molecule has 0 bridgehead atoms. The van der Waals surface area contributed by atoms with Crippen LogP contribution in [0, 0.1) is 6.92 Å². The van der Waals surface area contributed by atoms with E-state index < -0.39 is 8.32 Å². The van der Waals surface area contributed by atoms with Gasteiger partial charge in [-0.3, -0.25) is 0 Å². The Balaban J connectivity index is 1.59. The third-order valence-electron chi connectivity index (χ3n) is 6.49. The topological polar surface area (TPSA) is 60.2 Å². The number of nitrogens with zero attached hydrogens (tertiary/aromatic N) is 1. The Bertz CT molecular complexity index is 1200. The van der Waals surface area contributed by atoms with Crippen LogP contribution in [-0.2, 0) is 11.0 Å². The van der Waals surface area contributed by atoms with E-state index in [1.807, 2.05) is 12.4 Å². The Hall–Kier alpha value is -2.77. The van der Waals surface area contributed by atoms with Crippen LogP contribution in [0.4, 0.5) is 5.69 Å². The molecule has 1 aromatic heterocycles. The maximum atomic E-state index is 7.02. The highest BCUT2D eigenvalue weighted by atomic mass is 32.1.